The fraction of sp³-hybridized carbons (Fsp3) is 0.0435. The topological polar surface area (TPSA) is 0 Å². The van der Waals surface area contributed by atoms with Crippen LogP contribution in [0.4, 0.5) is 0 Å². The van der Waals surface area contributed by atoms with Gasteiger partial charge in [0.05, 0.1) is 0 Å². The lowest BCUT2D eigenvalue weighted by Crippen LogP contribution is -2.15. The minimum absolute atomic E-state index is 0.342. The summed E-state index contributed by atoms with van der Waals surface area (Å²) in [6.45, 7) is 0. The Kier molecular flexibility index (Phi) is 5.63. The molecule has 0 N–H and O–H groups in total. The molecule has 2 aliphatic carbocycles. The van der Waals surface area contributed by atoms with Gasteiger partial charge in [0.1, 0.15) is 0 Å². The van der Waals surface area contributed by atoms with Gasteiger partial charge in [-0.1, -0.05) is 127 Å². The third kappa shape index (κ3) is 3.76. The lowest BCUT2D eigenvalue weighted by Gasteiger charge is -2.29. The summed E-state index contributed by atoms with van der Waals surface area (Å²) >= 11 is 3.83. The minimum Gasteiger partial charge on any atom is -0.135 e. The lowest BCUT2D eigenvalue weighted by molar-refractivity contribution is 0.679. The van der Waals surface area contributed by atoms with Gasteiger partial charge in [-0.05, 0) is 79.5 Å². The highest BCUT2D eigenvalue weighted by Crippen LogP contribution is 2.48. The summed E-state index contributed by atoms with van der Waals surface area (Å²) in [6, 6.07) is 43.6. The predicted octanol–water partition coefficient (Wildman–Crippen LogP) is 13.9. The van der Waals surface area contributed by atoms with E-state index in [1.54, 1.807) is 0 Å². The van der Waals surface area contributed by atoms with Gasteiger partial charge >= 0.3 is 0 Å². The van der Waals surface area contributed by atoms with Gasteiger partial charge in [0, 0.05) is 57.6 Å². The highest BCUT2D eigenvalue weighted by molar-refractivity contribution is 7.27. The highest BCUT2D eigenvalue weighted by Gasteiger charge is 2.27. The Hall–Kier alpha value is -5.28. The normalized spacial score (nSPS) is 17.5. The van der Waals surface area contributed by atoms with Crippen LogP contribution < -0.4 is 0 Å². The van der Waals surface area contributed by atoms with Crippen molar-refractivity contribution in [3.05, 3.63) is 163 Å². The average Bonchev–Trinajstić information content (AvgIpc) is 3.70. The molecule has 0 amide bonds. The molecule has 0 nitrogen and oxygen atoms in total. The maximum Gasteiger partial charge on any atom is 0.0434 e. The van der Waals surface area contributed by atoms with Crippen LogP contribution in [-0.4, -0.2) is 0 Å². The predicted molar refractivity (Wildman–Crippen MR) is 213 cm³/mol. The van der Waals surface area contributed by atoms with E-state index in [0.717, 1.165) is 0 Å². The van der Waals surface area contributed by atoms with Crippen molar-refractivity contribution in [1.82, 2.24) is 0 Å². The molecule has 2 unspecified atom stereocenters. The molecule has 0 bridgehead atoms. The number of hydrogen-bond acceptors (Lipinski definition) is 2. The lowest BCUT2D eigenvalue weighted by atomic mass is 9.74. The SMILES string of the molecule is C1=CC2C=CC=C(c3c4ccccc4c(-c4ccc5sc6c7cc8sc9ccccc9c8cc7ccc6c5c4)c4ccccc34)C2C=C1. The monoisotopic (exact) mass is 644 g/mol. The first kappa shape index (κ1) is 26.8. The fourth-order valence-electron chi connectivity index (χ4n) is 8.45. The zero-order valence-electron chi connectivity index (χ0n) is 26.0. The van der Waals surface area contributed by atoms with E-state index in [9.17, 15) is 0 Å². The van der Waals surface area contributed by atoms with E-state index in [4.69, 9.17) is 0 Å². The van der Waals surface area contributed by atoms with Crippen molar-refractivity contribution < 1.29 is 0 Å². The molecule has 0 aliphatic heterocycles. The molecular formula is C46H28S2. The number of rotatable bonds is 2. The van der Waals surface area contributed by atoms with Crippen molar-refractivity contribution in [2.45, 2.75) is 0 Å². The highest BCUT2D eigenvalue weighted by atomic mass is 32.1. The molecule has 2 aliphatic rings. The molecule has 0 saturated carbocycles. The molecule has 0 saturated heterocycles. The van der Waals surface area contributed by atoms with E-state index >= 15 is 0 Å². The maximum atomic E-state index is 2.46. The van der Waals surface area contributed by atoms with Gasteiger partial charge in [-0.25, -0.2) is 0 Å². The summed E-state index contributed by atoms with van der Waals surface area (Å²) in [6.07, 6.45) is 16.0. The van der Waals surface area contributed by atoms with Crippen LogP contribution in [0.15, 0.2) is 158 Å². The summed E-state index contributed by atoms with van der Waals surface area (Å²) in [5, 5.41) is 13.3. The Bertz CT molecular complexity index is 2900. The van der Waals surface area contributed by atoms with E-state index in [-0.39, 0.29) is 0 Å². The molecule has 2 aromatic heterocycles. The Labute approximate surface area is 285 Å². The van der Waals surface area contributed by atoms with E-state index < -0.39 is 0 Å². The molecular weight excluding hydrogens is 617 g/mol. The van der Waals surface area contributed by atoms with Crippen LogP contribution in [0, 0.1) is 11.8 Å². The van der Waals surface area contributed by atoms with Gasteiger partial charge in [-0.15, -0.1) is 22.7 Å². The second-order valence-electron chi connectivity index (χ2n) is 13.1. The van der Waals surface area contributed by atoms with E-state index in [1.165, 1.54) is 94.9 Å². The van der Waals surface area contributed by atoms with Gasteiger partial charge in [0.25, 0.3) is 0 Å². The van der Waals surface area contributed by atoms with Gasteiger partial charge in [0.2, 0.25) is 0 Å². The molecule has 48 heavy (non-hydrogen) atoms. The Morgan fingerprint density at radius 2 is 1.08 bits per heavy atom. The second kappa shape index (κ2) is 10.1. The van der Waals surface area contributed by atoms with Gasteiger partial charge in [0.15, 0.2) is 0 Å². The van der Waals surface area contributed by atoms with Crippen molar-refractivity contribution in [1.29, 1.82) is 0 Å². The largest absolute Gasteiger partial charge is 0.135 e. The van der Waals surface area contributed by atoms with Gasteiger partial charge in [-0.2, -0.15) is 0 Å². The van der Waals surface area contributed by atoms with Crippen molar-refractivity contribution in [3.63, 3.8) is 0 Å². The first-order valence-corrected chi connectivity index (χ1v) is 18.3. The molecule has 2 heteroatoms. The smallest absolute Gasteiger partial charge is 0.0434 e. The second-order valence-corrected chi connectivity index (χ2v) is 15.3. The van der Waals surface area contributed by atoms with E-state index in [2.05, 4.69) is 158 Å². The summed E-state index contributed by atoms with van der Waals surface area (Å²) < 4.78 is 5.44. The number of benzene rings is 7. The molecule has 0 fully saturated rings. The van der Waals surface area contributed by atoms with Crippen LogP contribution in [0.1, 0.15) is 5.56 Å². The standard InChI is InChI=1S/C46H28S2/c1-2-12-30-27(10-1)11-9-18-32(30)45-35-16-5-3-14-33(35)44(34-15-4-6-17-36(34)45)29-21-23-42-40(25-29)37-22-20-28-24-39-31-13-7-8-19-41(31)47-43(39)26-38(28)46(37)48-42/h1-27,30H. The zero-order valence-corrected chi connectivity index (χ0v) is 27.6. The van der Waals surface area contributed by atoms with Gasteiger partial charge < -0.3 is 0 Å². The molecule has 2 atom stereocenters. The Morgan fingerprint density at radius 1 is 0.417 bits per heavy atom. The zero-order chi connectivity index (χ0) is 31.3. The molecule has 7 aromatic carbocycles. The molecule has 2 heterocycles. The third-order valence-electron chi connectivity index (χ3n) is 10.6. The van der Waals surface area contributed by atoms with Crippen LogP contribution in [0.2, 0.25) is 0 Å². The van der Waals surface area contributed by atoms with Crippen LogP contribution >= 0.6 is 22.7 Å². The van der Waals surface area contributed by atoms with Crippen LogP contribution in [0.5, 0.6) is 0 Å². The molecule has 9 aromatic rings. The first-order chi connectivity index (χ1) is 23.8. The van der Waals surface area contributed by atoms with Crippen LogP contribution in [0.3, 0.4) is 0 Å². The van der Waals surface area contributed by atoms with Crippen molar-refractivity contribution in [2.24, 2.45) is 11.8 Å². The van der Waals surface area contributed by atoms with E-state index in [1.807, 2.05) is 22.7 Å². The van der Waals surface area contributed by atoms with Gasteiger partial charge in [-0.3, -0.25) is 0 Å². The maximum absolute atomic E-state index is 2.46. The number of hydrogen-bond donors (Lipinski definition) is 0. The molecule has 11 rings (SSSR count). The number of allylic oxidation sites excluding steroid dienone is 8. The van der Waals surface area contributed by atoms with Crippen molar-refractivity contribution in [2.75, 3.05) is 0 Å². The fourth-order valence-corrected chi connectivity index (χ4v) is 10.8. The van der Waals surface area contributed by atoms with Crippen LogP contribution in [0.25, 0.3) is 89.4 Å². The summed E-state index contributed by atoms with van der Waals surface area (Å²) in [5.41, 5.74) is 5.37. The summed E-state index contributed by atoms with van der Waals surface area (Å²) in [5.74, 6) is 0.738. The Balaban J connectivity index is 1.16. The quantitative estimate of drug-likeness (QED) is 0.164. The first-order valence-electron chi connectivity index (χ1n) is 16.7. The van der Waals surface area contributed by atoms with Crippen molar-refractivity contribution in [3.8, 4) is 11.1 Å². The number of fused-ring (bicyclic) bond motifs is 11. The summed E-state index contributed by atoms with van der Waals surface area (Å²) in [7, 11) is 0. The number of thiophene rings is 2. The average molecular weight is 645 g/mol. The van der Waals surface area contributed by atoms with E-state index in [0.29, 0.717) is 11.8 Å². The van der Waals surface area contributed by atoms with Crippen molar-refractivity contribution >= 4 is 101 Å². The minimum atomic E-state index is 0.342. The molecule has 0 spiro atoms. The summed E-state index contributed by atoms with van der Waals surface area (Å²) in [4.78, 5) is 0. The van der Waals surface area contributed by atoms with Crippen LogP contribution in [-0.2, 0) is 0 Å². The Morgan fingerprint density at radius 3 is 1.90 bits per heavy atom. The third-order valence-corrected chi connectivity index (χ3v) is 13.0. The molecule has 224 valence electrons. The molecule has 0 radical (unpaired) electrons.